The first-order valence-electron chi connectivity index (χ1n) is 12.5. The molecular weight excluding hydrogens is 525 g/mol. The fourth-order valence-electron chi connectivity index (χ4n) is 3.94. The van der Waals surface area contributed by atoms with E-state index in [4.69, 9.17) is 0 Å². The van der Waals surface area contributed by atoms with Gasteiger partial charge in [0.25, 0.3) is 11.8 Å². The molecule has 1 atom stereocenters. The van der Waals surface area contributed by atoms with Crippen LogP contribution in [0, 0.1) is 6.92 Å². The van der Waals surface area contributed by atoms with Gasteiger partial charge in [-0.1, -0.05) is 31.2 Å². The zero-order valence-electron chi connectivity index (χ0n) is 22.0. The molecule has 0 radical (unpaired) electrons. The first-order valence-corrected chi connectivity index (χ1v) is 12.5. The zero-order chi connectivity index (χ0) is 29.0. The number of anilines is 1. The van der Waals surface area contributed by atoms with Crippen molar-refractivity contribution in [1.29, 1.82) is 0 Å². The molecule has 3 aromatic carbocycles. The standard InChI is InChI=1S/C28H27F3N6O3/c1-4-18(3)32-25(38)22-7-5-6-8-23(22)26(39)33-24-14-9-19(15-17(24)2)16-36-27(40)37(35-34-36)21-12-10-20(11-13-21)28(29,30)31/h5-15,18H,4,16H2,1-3H3,(H,32,38)(H,33,39). The van der Waals surface area contributed by atoms with Crippen LogP contribution in [0.1, 0.15) is 57.7 Å². The Hall–Kier alpha value is -4.74. The highest BCUT2D eigenvalue weighted by molar-refractivity contribution is 6.12. The van der Waals surface area contributed by atoms with Gasteiger partial charge in [-0.2, -0.15) is 22.5 Å². The van der Waals surface area contributed by atoms with Crippen LogP contribution in [-0.2, 0) is 12.7 Å². The van der Waals surface area contributed by atoms with Crippen LogP contribution in [-0.4, -0.2) is 37.6 Å². The highest BCUT2D eigenvalue weighted by Crippen LogP contribution is 2.29. The summed E-state index contributed by atoms with van der Waals surface area (Å²) in [7, 11) is 0. The number of alkyl halides is 3. The molecule has 2 N–H and O–H groups in total. The highest BCUT2D eigenvalue weighted by atomic mass is 19.4. The van der Waals surface area contributed by atoms with Crippen LogP contribution in [0.4, 0.5) is 18.9 Å². The smallest absolute Gasteiger partial charge is 0.350 e. The Morgan fingerprint density at radius 2 is 1.60 bits per heavy atom. The Balaban J connectivity index is 1.48. The number of carbonyl (C=O) groups excluding carboxylic acids is 2. The minimum absolute atomic E-state index is 0.0394. The second kappa shape index (κ2) is 11.6. The van der Waals surface area contributed by atoms with Gasteiger partial charge in [-0.15, -0.1) is 0 Å². The lowest BCUT2D eigenvalue weighted by atomic mass is 10.0. The van der Waals surface area contributed by atoms with Crippen molar-refractivity contribution in [3.8, 4) is 5.69 Å². The van der Waals surface area contributed by atoms with Crippen LogP contribution >= 0.6 is 0 Å². The monoisotopic (exact) mass is 552 g/mol. The third kappa shape index (κ3) is 6.28. The lowest BCUT2D eigenvalue weighted by molar-refractivity contribution is -0.137. The van der Waals surface area contributed by atoms with Gasteiger partial charge in [0.2, 0.25) is 0 Å². The van der Waals surface area contributed by atoms with E-state index in [9.17, 15) is 27.6 Å². The molecule has 4 rings (SSSR count). The Morgan fingerprint density at radius 3 is 2.20 bits per heavy atom. The summed E-state index contributed by atoms with van der Waals surface area (Å²) in [6.07, 6.45) is -3.74. The first-order chi connectivity index (χ1) is 19.0. The molecule has 0 spiro atoms. The maximum atomic E-state index is 13.1. The van der Waals surface area contributed by atoms with Crippen LogP contribution in [0.2, 0.25) is 0 Å². The summed E-state index contributed by atoms with van der Waals surface area (Å²) in [5, 5.41) is 13.3. The van der Waals surface area contributed by atoms with E-state index in [-0.39, 0.29) is 35.3 Å². The van der Waals surface area contributed by atoms with Crippen LogP contribution in [0.3, 0.4) is 0 Å². The molecule has 0 saturated heterocycles. The largest absolute Gasteiger partial charge is 0.416 e. The minimum Gasteiger partial charge on any atom is -0.350 e. The van der Waals surface area contributed by atoms with Crippen LogP contribution in [0.25, 0.3) is 5.69 Å². The third-order valence-corrected chi connectivity index (χ3v) is 6.36. The predicted molar refractivity (Wildman–Crippen MR) is 143 cm³/mol. The molecule has 0 aliphatic rings. The number of carbonyl (C=O) groups is 2. The number of aryl methyl sites for hydroxylation is 1. The Morgan fingerprint density at radius 1 is 0.950 bits per heavy atom. The number of halogens is 3. The summed E-state index contributed by atoms with van der Waals surface area (Å²) in [6.45, 7) is 5.66. The Bertz CT molecular complexity index is 1590. The molecule has 208 valence electrons. The number of tetrazole rings is 1. The van der Waals surface area contributed by atoms with Crippen LogP contribution in [0.15, 0.2) is 71.5 Å². The molecule has 1 heterocycles. The van der Waals surface area contributed by atoms with Crippen LogP contribution in [0.5, 0.6) is 0 Å². The van der Waals surface area contributed by atoms with Gasteiger partial charge < -0.3 is 10.6 Å². The molecule has 0 saturated carbocycles. The number of nitrogens with one attached hydrogen (secondary N) is 2. The van der Waals surface area contributed by atoms with E-state index in [1.54, 1.807) is 49.4 Å². The quantitative estimate of drug-likeness (QED) is 0.332. The molecule has 0 fully saturated rings. The van der Waals surface area contributed by atoms with Gasteiger partial charge in [0.05, 0.1) is 28.9 Å². The number of hydrogen-bond acceptors (Lipinski definition) is 5. The topological polar surface area (TPSA) is 111 Å². The molecule has 12 heteroatoms. The average molecular weight is 553 g/mol. The van der Waals surface area contributed by atoms with Gasteiger partial charge in [0.15, 0.2) is 0 Å². The van der Waals surface area contributed by atoms with E-state index >= 15 is 0 Å². The van der Waals surface area contributed by atoms with Gasteiger partial charge in [-0.25, -0.2) is 4.79 Å². The fourth-order valence-corrected chi connectivity index (χ4v) is 3.94. The molecule has 0 aliphatic heterocycles. The normalized spacial score (nSPS) is 12.2. The van der Waals surface area contributed by atoms with E-state index in [0.29, 0.717) is 16.8 Å². The number of amides is 2. The molecule has 4 aromatic rings. The number of rotatable bonds is 8. The molecule has 1 unspecified atom stereocenters. The zero-order valence-corrected chi connectivity index (χ0v) is 22.0. The molecule has 40 heavy (non-hydrogen) atoms. The molecule has 1 aromatic heterocycles. The van der Waals surface area contributed by atoms with Gasteiger partial charge in [0, 0.05) is 11.7 Å². The maximum Gasteiger partial charge on any atom is 0.416 e. The van der Waals surface area contributed by atoms with E-state index < -0.39 is 23.3 Å². The predicted octanol–water partition coefficient (Wildman–Crippen LogP) is 4.59. The number of aromatic nitrogens is 4. The Kier molecular flexibility index (Phi) is 8.17. The lowest BCUT2D eigenvalue weighted by Crippen LogP contribution is -2.33. The van der Waals surface area contributed by atoms with E-state index in [0.717, 1.165) is 40.0 Å². The van der Waals surface area contributed by atoms with Gasteiger partial charge >= 0.3 is 11.9 Å². The van der Waals surface area contributed by atoms with Crippen molar-refractivity contribution >= 4 is 17.5 Å². The third-order valence-electron chi connectivity index (χ3n) is 6.36. The van der Waals surface area contributed by atoms with Crippen molar-refractivity contribution in [1.82, 2.24) is 25.1 Å². The van der Waals surface area contributed by atoms with Crippen molar-refractivity contribution in [2.45, 2.75) is 46.0 Å². The van der Waals surface area contributed by atoms with E-state index in [2.05, 4.69) is 21.1 Å². The second-order valence-electron chi connectivity index (χ2n) is 9.31. The van der Waals surface area contributed by atoms with E-state index in [1.807, 2.05) is 13.8 Å². The highest BCUT2D eigenvalue weighted by Gasteiger charge is 2.30. The molecule has 0 aliphatic carbocycles. The number of nitrogens with zero attached hydrogens (tertiary/aromatic N) is 4. The Labute approximate surface area is 227 Å². The lowest BCUT2D eigenvalue weighted by Gasteiger charge is -2.15. The van der Waals surface area contributed by atoms with Crippen molar-refractivity contribution < 1.29 is 22.8 Å². The van der Waals surface area contributed by atoms with E-state index in [1.165, 1.54) is 0 Å². The summed E-state index contributed by atoms with van der Waals surface area (Å²) in [4.78, 5) is 38.5. The van der Waals surface area contributed by atoms with Gasteiger partial charge in [0.1, 0.15) is 0 Å². The van der Waals surface area contributed by atoms with Crippen molar-refractivity contribution in [2.75, 3.05) is 5.32 Å². The molecule has 2 amide bonds. The summed E-state index contributed by atoms with van der Waals surface area (Å²) in [5.74, 6) is -0.775. The van der Waals surface area contributed by atoms with Crippen molar-refractivity contribution in [3.63, 3.8) is 0 Å². The first kappa shape index (κ1) is 28.3. The fraction of sp³-hybridized carbons (Fsp3) is 0.250. The SMILES string of the molecule is CCC(C)NC(=O)c1ccccc1C(=O)Nc1ccc(Cn2nnn(-c3ccc(C(F)(F)F)cc3)c2=O)cc1C. The van der Waals surface area contributed by atoms with Gasteiger partial charge in [-0.05, 0) is 84.3 Å². The number of hydrogen-bond donors (Lipinski definition) is 2. The second-order valence-corrected chi connectivity index (χ2v) is 9.31. The summed E-state index contributed by atoms with van der Waals surface area (Å²) < 4.78 is 40.5. The minimum atomic E-state index is -4.49. The average Bonchev–Trinajstić information content (AvgIpc) is 3.29. The molecule has 0 bridgehead atoms. The summed E-state index contributed by atoms with van der Waals surface area (Å²) in [5.41, 5.74) is 1.10. The van der Waals surface area contributed by atoms with Crippen molar-refractivity contribution in [2.24, 2.45) is 0 Å². The van der Waals surface area contributed by atoms with Crippen LogP contribution < -0.4 is 16.3 Å². The number of benzene rings is 3. The molecule has 9 nitrogen and oxygen atoms in total. The van der Waals surface area contributed by atoms with Gasteiger partial charge in [-0.3, -0.25) is 9.59 Å². The summed E-state index contributed by atoms with van der Waals surface area (Å²) in [6, 6.07) is 15.7. The summed E-state index contributed by atoms with van der Waals surface area (Å²) >= 11 is 0. The molecular formula is C28H27F3N6O3. The maximum absolute atomic E-state index is 13.1. The van der Waals surface area contributed by atoms with Crippen molar-refractivity contribution in [3.05, 3.63) is 105 Å².